The Balaban J connectivity index is 2.50. The first kappa shape index (κ1) is 5.05. The first-order chi connectivity index (χ1) is 3.39. The molecule has 1 atom stereocenters. The second-order valence-corrected chi connectivity index (χ2v) is 2.43. The lowest BCUT2D eigenvalue weighted by Crippen LogP contribution is -1.73. The van der Waals surface area contributed by atoms with Gasteiger partial charge in [0.15, 0.2) is 0 Å². The van der Waals surface area contributed by atoms with Crippen LogP contribution in [0.25, 0.3) is 0 Å². The van der Waals surface area contributed by atoms with Crippen molar-refractivity contribution in [2.45, 2.75) is 12.8 Å². The molecule has 1 rings (SSSR count). The maximum absolute atomic E-state index is 2.72. The topological polar surface area (TPSA) is 0 Å². The minimum absolute atomic E-state index is 1.12. The Hall–Kier alpha value is -0.0900. The molecule has 0 N–H and O–H groups in total. The zero-order valence-corrected chi connectivity index (χ0v) is 5.38. The third kappa shape index (κ3) is 1.44. The number of hydrogen-bond donors (Lipinski definition) is 0. The van der Waals surface area contributed by atoms with E-state index in [0.29, 0.717) is 0 Å². The standard InChI is InChI=1S/C6H9P/c7-6-4-2-1-3-5-6/h1-2,5H,3-4,7H2. The fraction of sp³-hybridized carbons (Fsp3) is 0.333. The fourth-order valence-electron chi connectivity index (χ4n) is 0.618. The average molecular weight is 112 g/mol. The maximum atomic E-state index is 2.72. The molecule has 0 fully saturated rings. The number of rotatable bonds is 0. The normalized spacial score (nSPS) is 19.3. The van der Waals surface area contributed by atoms with Gasteiger partial charge in [0.25, 0.3) is 0 Å². The predicted octanol–water partition coefficient (Wildman–Crippen LogP) is 2.10. The molecule has 7 heavy (non-hydrogen) atoms. The van der Waals surface area contributed by atoms with Gasteiger partial charge in [0.1, 0.15) is 0 Å². The molecular weight excluding hydrogens is 103 g/mol. The summed E-state index contributed by atoms with van der Waals surface area (Å²) in [4.78, 5) is 0. The van der Waals surface area contributed by atoms with Crippen molar-refractivity contribution < 1.29 is 0 Å². The summed E-state index contributed by atoms with van der Waals surface area (Å²) in [7, 11) is 2.72. The Morgan fingerprint density at radius 1 is 1.43 bits per heavy atom. The van der Waals surface area contributed by atoms with Crippen LogP contribution in [0.5, 0.6) is 0 Å². The Kier molecular flexibility index (Phi) is 1.64. The van der Waals surface area contributed by atoms with Gasteiger partial charge < -0.3 is 0 Å². The van der Waals surface area contributed by atoms with Crippen LogP contribution in [0.3, 0.4) is 0 Å². The molecule has 1 unspecified atom stereocenters. The molecule has 0 aliphatic heterocycles. The average Bonchev–Trinajstić information content (AvgIpc) is 1.69. The van der Waals surface area contributed by atoms with Gasteiger partial charge >= 0.3 is 0 Å². The minimum atomic E-state index is 1.12. The lowest BCUT2D eigenvalue weighted by Gasteiger charge is -1.97. The molecule has 0 nitrogen and oxygen atoms in total. The van der Waals surface area contributed by atoms with Gasteiger partial charge in [-0.15, -0.1) is 9.24 Å². The first-order valence-electron chi connectivity index (χ1n) is 2.49. The summed E-state index contributed by atoms with van der Waals surface area (Å²) in [5, 5.41) is 1.42. The summed E-state index contributed by atoms with van der Waals surface area (Å²) in [6.07, 6.45) is 8.87. The molecule has 0 radical (unpaired) electrons. The van der Waals surface area contributed by atoms with Crippen molar-refractivity contribution in [3.63, 3.8) is 0 Å². The van der Waals surface area contributed by atoms with Crippen LogP contribution >= 0.6 is 9.24 Å². The summed E-state index contributed by atoms with van der Waals surface area (Å²) in [6.45, 7) is 0. The highest BCUT2D eigenvalue weighted by molar-refractivity contribution is 7.22. The SMILES string of the molecule is PC1=CCC=CC1. The van der Waals surface area contributed by atoms with E-state index in [4.69, 9.17) is 0 Å². The van der Waals surface area contributed by atoms with E-state index in [1.807, 2.05) is 0 Å². The zero-order chi connectivity index (χ0) is 5.11. The maximum Gasteiger partial charge on any atom is -0.0101 e. The molecule has 0 aromatic heterocycles. The smallest absolute Gasteiger partial charge is 0.0101 e. The molecule has 0 bridgehead atoms. The van der Waals surface area contributed by atoms with E-state index in [1.165, 1.54) is 5.31 Å². The van der Waals surface area contributed by atoms with Gasteiger partial charge in [0.2, 0.25) is 0 Å². The molecule has 0 saturated carbocycles. The lowest BCUT2D eigenvalue weighted by molar-refractivity contribution is 1.21. The second kappa shape index (κ2) is 2.28. The molecule has 1 aliphatic rings. The molecule has 38 valence electrons. The van der Waals surface area contributed by atoms with Crippen molar-refractivity contribution >= 4 is 9.24 Å². The summed E-state index contributed by atoms with van der Waals surface area (Å²) >= 11 is 0. The third-order valence-corrected chi connectivity index (χ3v) is 1.51. The van der Waals surface area contributed by atoms with Gasteiger partial charge in [-0.25, -0.2) is 0 Å². The number of allylic oxidation sites excluding steroid dienone is 4. The van der Waals surface area contributed by atoms with Crippen LogP contribution in [-0.2, 0) is 0 Å². The van der Waals surface area contributed by atoms with Crippen LogP contribution in [0.15, 0.2) is 23.5 Å². The quantitative estimate of drug-likeness (QED) is 0.332. The Morgan fingerprint density at radius 3 is 2.57 bits per heavy atom. The van der Waals surface area contributed by atoms with Crippen molar-refractivity contribution in [1.29, 1.82) is 0 Å². The van der Waals surface area contributed by atoms with E-state index in [1.54, 1.807) is 0 Å². The molecule has 0 saturated heterocycles. The highest BCUT2D eigenvalue weighted by Gasteiger charge is 1.87. The molecule has 1 aliphatic carbocycles. The molecular formula is C6H9P. The Morgan fingerprint density at radius 2 is 2.29 bits per heavy atom. The van der Waals surface area contributed by atoms with Gasteiger partial charge in [-0.1, -0.05) is 23.5 Å². The van der Waals surface area contributed by atoms with Crippen LogP contribution < -0.4 is 0 Å². The largest absolute Gasteiger partial charge is 0.110 e. The van der Waals surface area contributed by atoms with Gasteiger partial charge in [-0.3, -0.25) is 0 Å². The van der Waals surface area contributed by atoms with E-state index in [-0.39, 0.29) is 0 Å². The second-order valence-electron chi connectivity index (χ2n) is 1.69. The number of hydrogen-bond acceptors (Lipinski definition) is 0. The van der Waals surface area contributed by atoms with Crippen molar-refractivity contribution in [1.82, 2.24) is 0 Å². The zero-order valence-electron chi connectivity index (χ0n) is 4.22. The molecule has 0 spiro atoms. The molecule has 0 aromatic carbocycles. The van der Waals surface area contributed by atoms with Crippen molar-refractivity contribution in [3.8, 4) is 0 Å². The van der Waals surface area contributed by atoms with Crippen LogP contribution in [0, 0.1) is 0 Å². The van der Waals surface area contributed by atoms with Crippen molar-refractivity contribution in [3.05, 3.63) is 23.5 Å². The van der Waals surface area contributed by atoms with Crippen molar-refractivity contribution in [2.24, 2.45) is 0 Å². The van der Waals surface area contributed by atoms with E-state index >= 15 is 0 Å². The van der Waals surface area contributed by atoms with Crippen LogP contribution in [0.4, 0.5) is 0 Å². The van der Waals surface area contributed by atoms with E-state index < -0.39 is 0 Å². The van der Waals surface area contributed by atoms with Crippen LogP contribution in [-0.4, -0.2) is 0 Å². The van der Waals surface area contributed by atoms with Gasteiger partial charge in [0, 0.05) is 0 Å². The Labute approximate surface area is 46.5 Å². The molecule has 1 heteroatoms. The Bertz CT molecular complexity index is 111. The van der Waals surface area contributed by atoms with Crippen LogP contribution in [0.1, 0.15) is 12.8 Å². The fourth-order valence-corrected chi connectivity index (χ4v) is 0.891. The first-order valence-corrected chi connectivity index (χ1v) is 3.07. The molecule has 0 amide bonds. The molecule has 0 heterocycles. The molecule has 0 aromatic rings. The summed E-state index contributed by atoms with van der Waals surface area (Å²) in [5.41, 5.74) is 0. The van der Waals surface area contributed by atoms with E-state index in [2.05, 4.69) is 27.5 Å². The predicted molar refractivity (Wildman–Crippen MR) is 36.2 cm³/mol. The highest BCUT2D eigenvalue weighted by atomic mass is 31.0. The summed E-state index contributed by atoms with van der Waals surface area (Å²) < 4.78 is 0. The van der Waals surface area contributed by atoms with E-state index in [0.717, 1.165) is 12.8 Å². The van der Waals surface area contributed by atoms with Gasteiger partial charge in [-0.2, -0.15) is 0 Å². The van der Waals surface area contributed by atoms with Gasteiger partial charge in [0.05, 0.1) is 0 Å². The van der Waals surface area contributed by atoms with Gasteiger partial charge in [-0.05, 0) is 12.8 Å². The monoisotopic (exact) mass is 112 g/mol. The minimum Gasteiger partial charge on any atom is -0.110 e. The third-order valence-electron chi connectivity index (χ3n) is 1.04. The summed E-state index contributed by atoms with van der Waals surface area (Å²) in [5.74, 6) is 0. The highest BCUT2D eigenvalue weighted by Crippen LogP contribution is 2.15. The summed E-state index contributed by atoms with van der Waals surface area (Å²) in [6, 6.07) is 0. The lowest BCUT2D eigenvalue weighted by atomic mass is 10.2. The van der Waals surface area contributed by atoms with Crippen molar-refractivity contribution in [2.75, 3.05) is 0 Å². The van der Waals surface area contributed by atoms with Crippen LogP contribution in [0.2, 0.25) is 0 Å². The van der Waals surface area contributed by atoms with E-state index in [9.17, 15) is 0 Å².